The van der Waals surface area contributed by atoms with Crippen molar-refractivity contribution in [2.75, 3.05) is 25.1 Å². The second-order valence-electron chi connectivity index (χ2n) is 6.47. The lowest BCUT2D eigenvalue weighted by Crippen LogP contribution is -2.41. The Labute approximate surface area is 162 Å². The molecular formula is C20H22N4O2S. The van der Waals surface area contributed by atoms with Gasteiger partial charge < -0.3 is 15.0 Å². The Morgan fingerprint density at radius 3 is 2.78 bits per heavy atom. The van der Waals surface area contributed by atoms with Gasteiger partial charge in [0, 0.05) is 31.1 Å². The van der Waals surface area contributed by atoms with E-state index in [0.29, 0.717) is 25.5 Å². The molecule has 1 aliphatic heterocycles. The first-order chi connectivity index (χ1) is 13.2. The summed E-state index contributed by atoms with van der Waals surface area (Å²) in [6.07, 6.45) is 0.780. The van der Waals surface area contributed by atoms with E-state index in [0.717, 1.165) is 33.6 Å². The van der Waals surface area contributed by atoms with Crippen LogP contribution in [-0.2, 0) is 16.1 Å². The fourth-order valence-corrected chi connectivity index (χ4v) is 4.55. The highest BCUT2D eigenvalue weighted by Crippen LogP contribution is 2.39. The zero-order chi connectivity index (χ0) is 18.8. The summed E-state index contributed by atoms with van der Waals surface area (Å²) in [5.41, 5.74) is 2.23. The fourth-order valence-electron chi connectivity index (χ4n) is 3.59. The molecule has 0 bridgehead atoms. The van der Waals surface area contributed by atoms with Crippen molar-refractivity contribution in [3.8, 4) is 11.1 Å². The summed E-state index contributed by atoms with van der Waals surface area (Å²) in [5, 5.41) is 6.07. The summed E-state index contributed by atoms with van der Waals surface area (Å²) >= 11 is 1.60. The molecule has 6 nitrogen and oxygen atoms in total. The molecule has 0 radical (unpaired) electrons. The lowest BCUT2D eigenvalue weighted by atomic mass is 10.1. The van der Waals surface area contributed by atoms with Crippen molar-refractivity contribution in [2.45, 2.75) is 26.0 Å². The average molecular weight is 382 g/mol. The SMILES string of the molecule is CCN(c1nc(COC)nc2scc(-c3ccccc3)c12)C1CCNC1=O. The van der Waals surface area contributed by atoms with Crippen LogP contribution in [0.3, 0.4) is 0 Å². The molecule has 7 heteroatoms. The van der Waals surface area contributed by atoms with Crippen LogP contribution in [0.25, 0.3) is 21.3 Å². The van der Waals surface area contributed by atoms with Gasteiger partial charge in [0.15, 0.2) is 5.82 Å². The molecule has 0 spiro atoms. The maximum Gasteiger partial charge on any atom is 0.242 e. The zero-order valence-corrected chi connectivity index (χ0v) is 16.3. The van der Waals surface area contributed by atoms with Crippen molar-refractivity contribution >= 4 is 33.3 Å². The van der Waals surface area contributed by atoms with Crippen molar-refractivity contribution in [3.05, 3.63) is 41.5 Å². The number of hydrogen-bond acceptors (Lipinski definition) is 6. The molecule has 1 amide bonds. The number of nitrogens with one attached hydrogen (secondary N) is 1. The maximum absolute atomic E-state index is 12.4. The highest BCUT2D eigenvalue weighted by Gasteiger charge is 2.32. The van der Waals surface area contributed by atoms with E-state index < -0.39 is 0 Å². The van der Waals surface area contributed by atoms with Crippen molar-refractivity contribution in [1.29, 1.82) is 0 Å². The zero-order valence-electron chi connectivity index (χ0n) is 15.4. The highest BCUT2D eigenvalue weighted by atomic mass is 32.1. The quantitative estimate of drug-likeness (QED) is 0.709. The lowest BCUT2D eigenvalue weighted by molar-refractivity contribution is -0.120. The molecular weight excluding hydrogens is 360 g/mol. The Balaban J connectivity index is 1.92. The molecule has 2 aromatic heterocycles. The van der Waals surface area contributed by atoms with Crippen LogP contribution in [0.15, 0.2) is 35.7 Å². The molecule has 1 aliphatic rings. The number of rotatable bonds is 6. The third-order valence-electron chi connectivity index (χ3n) is 4.83. The molecule has 1 N–H and O–H groups in total. The smallest absolute Gasteiger partial charge is 0.242 e. The van der Waals surface area contributed by atoms with E-state index >= 15 is 0 Å². The molecule has 4 rings (SSSR count). The number of anilines is 1. The summed E-state index contributed by atoms with van der Waals surface area (Å²) in [6.45, 7) is 3.80. The van der Waals surface area contributed by atoms with Crippen molar-refractivity contribution < 1.29 is 9.53 Å². The van der Waals surface area contributed by atoms with E-state index in [1.807, 2.05) is 18.2 Å². The normalized spacial score (nSPS) is 16.7. The van der Waals surface area contributed by atoms with Crippen LogP contribution in [0.5, 0.6) is 0 Å². The second-order valence-corrected chi connectivity index (χ2v) is 7.33. The number of carbonyl (C=O) groups is 1. The van der Waals surface area contributed by atoms with E-state index in [1.165, 1.54) is 0 Å². The van der Waals surface area contributed by atoms with Gasteiger partial charge in [-0.2, -0.15) is 0 Å². The van der Waals surface area contributed by atoms with E-state index in [4.69, 9.17) is 9.72 Å². The molecule has 3 aromatic rings. The largest absolute Gasteiger partial charge is 0.377 e. The molecule has 140 valence electrons. The van der Waals surface area contributed by atoms with Gasteiger partial charge >= 0.3 is 0 Å². The summed E-state index contributed by atoms with van der Waals surface area (Å²) in [5.74, 6) is 1.52. The lowest BCUT2D eigenvalue weighted by Gasteiger charge is -2.28. The molecule has 0 aliphatic carbocycles. The van der Waals surface area contributed by atoms with Crippen LogP contribution in [0.1, 0.15) is 19.2 Å². The van der Waals surface area contributed by atoms with Gasteiger partial charge in [0.2, 0.25) is 5.91 Å². The summed E-state index contributed by atoms with van der Waals surface area (Å²) in [6, 6.07) is 10.0. The minimum absolute atomic E-state index is 0.0633. The molecule has 27 heavy (non-hydrogen) atoms. The number of ether oxygens (including phenoxy) is 1. The highest BCUT2D eigenvalue weighted by molar-refractivity contribution is 7.17. The number of methoxy groups -OCH3 is 1. The van der Waals surface area contributed by atoms with Gasteiger partial charge in [0.05, 0.1) is 5.39 Å². The van der Waals surface area contributed by atoms with Gasteiger partial charge in [-0.05, 0) is 18.9 Å². The number of hydrogen-bond donors (Lipinski definition) is 1. The molecule has 1 saturated heterocycles. The topological polar surface area (TPSA) is 67.3 Å². The predicted octanol–water partition coefficient (Wildman–Crippen LogP) is 3.22. The average Bonchev–Trinajstić information content (AvgIpc) is 3.30. The van der Waals surface area contributed by atoms with Crippen LogP contribution in [0.4, 0.5) is 5.82 Å². The number of nitrogens with zero attached hydrogens (tertiary/aromatic N) is 3. The minimum atomic E-state index is -0.202. The minimum Gasteiger partial charge on any atom is -0.377 e. The standard InChI is InChI=1S/C20H22N4O2S/c1-3-24(15-9-10-21-19(15)25)18-17-14(13-7-5-4-6-8-13)12-27-20(17)23-16(22-18)11-26-2/h4-8,12,15H,3,9-11H2,1-2H3,(H,21,25). The Kier molecular flexibility index (Phi) is 5.05. The van der Waals surface area contributed by atoms with E-state index in [-0.39, 0.29) is 11.9 Å². The van der Waals surface area contributed by atoms with Gasteiger partial charge in [-0.15, -0.1) is 11.3 Å². The first-order valence-electron chi connectivity index (χ1n) is 9.09. The van der Waals surface area contributed by atoms with Crippen molar-refractivity contribution in [1.82, 2.24) is 15.3 Å². The molecule has 1 fully saturated rings. The number of aromatic nitrogens is 2. The number of likely N-dealkylation sites (N-methyl/N-ethyl adjacent to an activating group) is 1. The first-order valence-corrected chi connectivity index (χ1v) is 9.97. The first kappa shape index (κ1) is 17.9. The van der Waals surface area contributed by atoms with Crippen LogP contribution in [0.2, 0.25) is 0 Å². The Morgan fingerprint density at radius 2 is 2.11 bits per heavy atom. The van der Waals surface area contributed by atoms with Crippen molar-refractivity contribution in [2.24, 2.45) is 0 Å². The molecule has 0 saturated carbocycles. The number of thiophene rings is 1. The van der Waals surface area contributed by atoms with E-state index in [1.54, 1.807) is 18.4 Å². The maximum atomic E-state index is 12.4. The fraction of sp³-hybridized carbons (Fsp3) is 0.350. The predicted molar refractivity (Wildman–Crippen MR) is 108 cm³/mol. The number of fused-ring (bicyclic) bond motifs is 1. The number of amides is 1. The molecule has 3 heterocycles. The van der Waals surface area contributed by atoms with Gasteiger partial charge in [-0.1, -0.05) is 30.3 Å². The monoisotopic (exact) mass is 382 g/mol. The van der Waals surface area contributed by atoms with E-state index in [9.17, 15) is 4.79 Å². The Morgan fingerprint density at radius 1 is 1.30 bits per heavy atom. The van der Waals surface area contributed by atoms with Gasteiger partial charge in [0.25, 0.3) is 0 Å². The number of benzene rings is 1. The summed E-state index contributed by atoms with van der Waals surface area (Å²) in [4.78, 5) is 24.9. The van der Waals surface area contributed by atoms with Crippen LogP contribution in [-0.4, -0.2) is 42.1 Å². The summed E-state index contributed by atoms with van der Waals surface area (Å²) < 4.78 is 5.27. The third-order valence-corrected chi connectivity index (χ3v) is 5.70. The third kappa shape index (κ3) is 3.28. The van der Waals surface area contributed by atoms with Crippen LogP contribution < -0.4 is 10.2 Å². The molecule has 1 atom stereocenters. The van der Waals surface area contributed by atoms with Crippen LogP contribution >= 0.6 is 11.3 Å². The van der Waals surface area contributed by atoms with Gasteiger partial charge in [-0.25, -0.2) is 9.97 Å². The van der Waals surface area contributed by atoms with Crippen LogP contribution in [0, 0.1) is 0 Å². The Bertz CT molecular complexity index is 957. The number of carbonyl (C=O) groups excluding carboxylic acids is 1. The van der Waals surface area contributed by atoms with E-state index in [2.05, 4.69) is 39.6 Å². The molecule has 1 unspecified atom stereocenters. The van der Waals surface area contributed by atoms with Gasteiger partial charge in [-0.3, -0.25) is 4.79 Å². The van der Waals surface area contributed by atoms with Gasteiger partial charge in [0.1, 0.15) is 23.3 Å². The second kappa shape index (κ2) is 7.62. The molecule has 1 aromatic carbocycles. The Hall–Kier alpha value is -2.51. The van der Waals surface area contributed by atoms with Crippen molar-refractivity contribution in [3.63, 3.8) is 0 Å². The summed E-state index contributed by atoms with van der Waals surface area (Å²) in [7, 11) is 1.64.